The molecule has 0 unspecified atom stereocenters. The van der Waals surface area contributed by atoms with Gasteiger partial charge in [0, 0.05) is 7.11 Å². The van der Waals surface area contributed by atoms with Crippen LogP contribution in [0.15, 0.2) is 0 Å². The normalized spacial score (nSPS) is 10.8. The van der Waals surface area contributed by atoms with Crippen molar-refractivity contribution in [3.8, 4) is 0 Å². The minimum atomic E-state index is -1.50. The SMILES string of the molecule is COC(=O)CC(CC(=O)OC)(OC)C(C)=O. The number of ketones is 1. The molecule has 92 valence electrons. The van der Waals surface area contributed by atoms with Gasteiger partial charge in [0.15, 0.2) is 5.78 Å². The van der Waals surface area contributed by atoms with E-state index in [1.165, 1.54) is 28.3 Å². The molecule has 0 aromatic carbocycles. The quantitative estimate of drug-likeness (QED) is 0.604. The van der Waals surface area contributed by atoms with E-state index in [2.05, 4.69) is 9.47 Å². The third-order valence-corrected chi connectivity index (χ3v) is 2.35. The van der Waals surface area contributed by atoms with Crippen LogP contribution in [0.3, 0.4) is 0 Å². The molecule has 0 amide bonds. The first-order chi connectivity index (χ1) is 7.41. The number of methoxy groups -OCH3 is 3. The fourth-order valence-corrected chi connectivity index (χ4v) is 1.21. The Hall–Kier alpha value is -1.43. The van der Waals surface area contributed by atoms with E-state index >= 15 is 0 Å². The molecule has 0 radical (unpaired) electrons. The average Bonchev–Trinajstić information content (AvgIpc) is 2.27. The Kier molecular flexibility index (Phi) is 5.66. The van der Waals surface area contributed by atoms with Crippen molar-refractivity contribution in [2.45, 2.75) is 25.4 Å². The maximum atomic E-state index is 11.5. The smallest absolute Gasteiger partial charge is 0.308 e. The van der Waals surface area contributed by atoms with Crippen LogP contribution in [0.1, 0.15) is 19.8 Å². The molecule has 0 heterocycles. The van der Waals surface area contributed by atoms with Gasteiger partial charge in [-0.2, -0.15) is 0 Å². The van der Waals surface area contributed by atoms with Gasteiger partial charge in [0.2, 0.25) is 0 Å². The van der Waals surface area contributed by atoms with E-state index in [0.29, 0.717) is 0 Å². The first-order valence-corrected chi connectivity index (χ1v) is 4.61. The summed E-state index contributed by atoms with van der Waals surface area (Å²) in [5, 5.41) is 0. The van der Waals surface area contributed by atoms with Crippen molar-refractivity contribution in [3.63, 3.8) is 0 Å². The largest absolute Gasteiger partial charge is 0.469 e. The lowest BCUT2D eigenvalue weighted by Gasteiger charge is -2.27. The summed E-state index contributed by atoms with van der Waals surface area (Å²) in [5.41, 5.74) is -1.50. The third kappa shape index (κ3) is 3.62. The van der Waals surface area contributed by atoms with Crippen molar-refractivity contribution < 1.29 is 28.6 Å². The summed E-state index contributed by atoms with van der Waals surface area (Å²) in [6.07, 6.45) is -0.630. The van der Waals surface area contributed by atoms with Gasteiger partial charge < -0.3 is 14.2 Å². The van der Waals surface area contributed by atoms with Gasteiger partial charge in [-0.25, -0.2) is 0 Å². The van der Waals surface area contributed by atoms with E-state index in [-0.39, 0.29) is 12.8 Å². The second-order valence-corrected chi connectivity index (χ2v) is 3.26. The van der Waals surface area contributed by atoms with Gasteiger partial charge in [-0.05, 0) is 6.92 Å². The van der Waals surface area contributed by atoms with Gasteiger partial charge in [0.05, 0.1) is 27.1 Å². The third-order valence-electron chi connectivity index (χ3n) is 2.35. The van der Waals surface area contributed by atoms with Crippen LogP contribution in [0, 0.1) is 0 Å². The van der Waals surface area contributed by atoms with Crippen molar-refractivity contribution in [2.75, 3.05) is 21.3 Å². The summed E-state index contributed by atoms with van der Waals surface area (Å²) in [6, 6.07) is 0. The lowest BCUT2D eigenvalue weighted by atomic mass is 9.91. The van der Waals surface area contributed by atoms with E-state index < -0.39 is 23.3 Å². The zero-order valence-corrected chi connectivity index (χ0v) is 9.86. The molecule has 0 aliphatic carbocycles. The fraction of sp³-hybridized carbons (Fsp3) is 0.700. The monoisotopic (exact) mass is 232 g/mol. The van der Waals surface area contributed by atoms with E-state index in [1.54, 1.807) is 0 Å². The standard InChI is InChI=1S/C10H16O6/c1-7(11)10(16-4,5-8(12)14-2)6-9(13)15-3/h5-6H2,1-4H3. The molecular weight excluding hydrogens is 216 g/mol. The molecule has 0 aromatic heterocycles. The van der Waals surface area contributed by atoms with E-state index in [4.69, 9.17) is 4.74 Å². The summed E-state index contributed by atoms with van der Waals surface area (Å²) in [5.74, 6) is -1.67. The molecule has 0 N–H and O–H groups in total. The zero-order valence-electron chi connectivity index (χ0n) is 9.86. The minimum Gasteiger partial charge on any atom is -0.469 e. The molecular formula is C10H16O6. The predicted molar refractivity (Wildman–Crippen MR) is 53.7 cm³/mol. The van der Waals surface area contributed by atoms with Crippen LogP contribution in [-0.2, 0) is 28.6 Å². The Bertz CT molecular complexity index is 265. The van der Waals surface area contributed by atoms with Gasteiger partial charge in [-0.15, -0.1) is 0 Å². The average molecular weight is 232 g/mol. The molecule has 0 fully saturated rings. The fourth-order valence-electron chi connectivity index (χ4n) is 1.21. The minimum absolute atomic E-state index is 0.315. The van der Waals surface area contributed by atoms with Crippen molar-refractivity contribution in [1.82, 2.24) is 0 Å². The van der Waals surface area contributed by atoms with Crippen molar-refractivity contribution in [1.29, 1.82) is 0 Å². The van der Waals surface area contributed by atoms with Crippen LogP contribution >= 0.6 is 0 Å². The summed E-state index contributed by atoms with van der Waals surface area (Å²) in [7, 11) is 3.65. The number of carbonyl (C=O) groups excluding carboxylic acids is 3. The van der Waals surface area contributed by atoms with Crippen molar-refractivity contribution in [3.05, 3.63) is 0 Å². The Morgan fingerprint density at radius 3 is 1.50 bits per heavy atom. The molecule has 6 heteroatoms. The van der Waals surface area contributed by atoms with Gasteiger partial charge in [-0.1, -0.05) is 0 Å². The van der Waals surface area contributed by atoms with Crippen LogP contribution in [0.25, 0.3) is 0 Å². The number of carbonyl (C=O) groups is 3. The number of hydrogen-bond acceptors (Lipinski definition) is 6. The van der Waals surface area contributed by atoms with Crippen LogP contribution in [0.5, 0.6) is 0 Å². The Morgan fingerprint density at radius 1 is 0.938 bits per heavy atom. The summed E-state index contributed by atoms with van der Waals surface area (Å²) in [4.78, 5) is 33.8. The highest BCUT2D eigenvalue weighted by atomic mass is 16.5. The molecule has 0 rings (SSSR count). The zero-order chi connectivity index (χ0) is 12.8. The number of esters is 2. The predicted octanol–water partition coefficient (Wildman–Crippen LogP) is 0.0868. The molecule has 0 aromatic rings. The van der Waals surface area contributed by atoms with Crippen LogP contribution < -0.4 is 0 Å². The van der Waals surface area contributed by atoms with E-state index in [0.717, 1.165) is 0 Å². The first kappa shape index (κ1) is 14.6. The molecule has 0 aliphatic heterocycles. The second kappa shape index (κ2) is 6.22. The summed E-state index contributed by atoms with van der Waals surface area (Å²) >= 11 is 0. The number of rotatable bonds is 6. The molecule has 0 bridgehead atoms. The van der Waals surface area contributed by atoms with Gasteiger partial charge >= 0.3 is 11.9 Å². The molecule has 0 spiro atoms. The highest BCUT2D eigenvalue weighted by Gasteiger charge is 2.41. The van der Waals surface area contributed by atoms with Crippen molar-refractivity contribution >= 4 is 17.7 Å². The van der Waals surface area contributed by atoms with Gasteiger partial charge in [0.25, 0.3) is 0 Å². The summed E-state index contributed by atoms with van der Waals surface area (Å²) in [6.45, 7) is 1.25. The number of ether oxygens (including phenoxy) is 3. The Balaban J connectivity index is 4.92. The molecule has 0 atom stereocenters. The molecule has 6 nitrogen and oxygen atoms in total. The van der Waals surface area contributed by atoms with Crippen LogP contribution in [-0.4, -0.2) is 44.7 Å². The maximum Gasteiger partial charge on any atom is 0.308 e. The van der Waals surface area contributed by atoms with Crippen LogP contribution in [0.4, 0.5) is 0 Å². The number of Topliss-reactive ketones (excluding diaryl/α,β-unsaturated/α-hetero) is 1. The Morgan fingerprint density at radius 2 is 1.31 bits per heavy atom. The second-order valence-electron chi connectivity index (χ2n) is 3.26. The Labute approximate surface area is 93.8 Å². The maximum absolute atomic E-state index is 11.5. The lowest BCUT2D eigenvalue weighted by molar-refractivity contribution is -0.162. The molecule has 0 saturated heterocycles. The molecule has 0 aliphatic rings. The van der Waals surface area contributed by atoms with E-state index in [1.807, 2.05) is 0 Å². The molecule has 16 heavy (non-hydrogen) atoms. The van der Waals surface area contributed by atoms with E-state index in [9.17, 15) is 14.4 Å². The van der Waals surface area contributed by atoms with Gasteiger partial charge in [-0.3, -0.25) is 14.4 Å². The highest BCUT2D eigenvalue weighted by molar-refractivity contribution is 5.93. The number of hydrogen-bond donors (Lipinski definition) is 0. The summed E-state index contributed by atoms with van der Waals surface area (Å²) < 4.78 is 13.9. The first-order valence-electron chi connectivity index (χ1n) is 4.61. The molecule has 0 saturated carbocycles. The lowest BCUT2D eigenvalue weighted by Crippen LogP contribution is -2.44. The van der Waals surface area contributed by atoms with Gasteiger partial charge in [0.1, 0.15) is 5.60 Å². The van der Waals surface area contributed by atoms with Crippen molar-refractivity contribution in [2.24, 2.45) is 0 Å². The van der Waals surface area contributed by atoms with Crippen LogP contribution in [0.2, 0.25) is 0 Å². The highest BCUT2D eigenvalue weighted by Crippen LogP contribution is 2.22. The topological polar surface area (TPSA) is 78.9 Å².